The molecule has 4 rings (SSSR count). The highest BCUT2D eigenvalue weighted by Gasteiger charge is 2.23. The Hall–Kier alpha value is -3.16. The summed E-state index contributed by atoms with van der Waals surface area (Å²) in [5.41, 5.74) is 3.04. The van der Waals surface area contributed by atoms with Gasteiger partial charge in [0.1, 0.15) is 5.82 Å². The molecule has 5 nitrogen and oxygen atoms in total. The fraction of sp³-hybridized carbons (Fsp3) is 0.231. The molecule has 1 heterocycles. The summed E-state index contributed by atoms with van der Waals surface area (Å²) in [4.78, 5) is 26.9. The van der Waals surface area contributed by atoms with Gasteiger partial charge in [0, 0.05) is 15.4 Å². The zero-order valence-corrected chi connectivity index (χ0v) is 19.4. The number of fused-ring (bicyclic) bond motifs is 2. The molecule has 1 atom stereocenters. The van der Waals surface area contributed by atoms with Gasteiger partial charge in [-0.1, -0.05) is 56.8 Å². The monoisotopic (exact) mass is 464 g/mol. The van der Waals surface area contributed by atoms with Crippen LogP contribution in [0.15, 0.2) is 70.5 Å². The predicted octanol–water partition coefficient (Wildman–Crippen LogP) is 5.30. The highest BCUT2D eigenvalue weighted by molar-refractivity contribution is 7.99. The van der Waals surface area contributed by atoms with E-state index in [0.29, 0.717) is 16.1 Å². The zero-order valence-electron chi connectivity index (χ0n) is 18.6. The van der Waals surface area contributed by atoms with Crippen LogP contribution in [-0.2, 0) is 5.41 Å². The number of nitrogens with one attached hydrogen (secondary N) is 2. The summed E-state index contributed by atoms with van der Waals surface area (Å²) in [6.45, 7) is 6.12. The van der Waals surface area contributed by atoms with Gasteiger partial charge in [0.15, 0.2) is 0 Å². The van der Waals surface area contributed by atoms with E-state index in [-0.39, 0.29) is 23.5 Å². The summed E-state index contributed by atoms with van der Waals surface area (Å²) in [5, 5.41) is 15.5. The van der Waals surface area contributed by atoms with Crippen molar-refractivity contribution >= 4 is 29.3 Å². The smallest absolute Gasteiger partial charge is 0.256 e. The Morgan fingerprint density at radius 1 is 1.06 bits per heavy atom. The van der Waals surface area contributed by atoms with E-state index in [9.17, 15) is 19.1 Å². The van der Waals surface area contributed by atoms with E-state index < -0.39 is 17.8 Å². The van der Waals surface area contributed by atoms with Crippen molar-refractivity contribution in [2.45, 2.75) is 42.0 Å². The molecule has 0 bridgehead atoms. The van der Waals surface area contributed by atoms with Crippen LogP contribution in [0.3, 0.4) is 0 Å². The van der Waals surface area contributed by atoms with Crippen LogP contribution in [0.1, 0.15) is 58.7 Å². The number of hydrogen-bond acceptors (Lipinski definition) is 4. The Morgan fingerprint density at radius 2 is 1.76 bits per heavy atom. The van der Waals surface area contributed by atoms with E-state index in [0.717, 1.165) is 16.0 Å². The van der Waals surface area contributed by atoms with Crippen LogP contribution in [0.25, 0.3) is 0 Å². The van der Waals surface area contributed by atoms with Gasteiger partial charge in [-0.3, -0.25) is 9.59 Å². The van der Waals surface area contributed by atoms with Gasteiger partial charge in [0.05, 0.1) is 23.9 Å². The molecule has 0 aromatic heterocycles. The van der Waals surface area contributed by atoms with Crippen molar-refractivity contribution in [2.24, 2.45) is 0 Å². The molecule has 33 heavy (non-hydrogen) atoms. The summed E-state index contributed by atoms with van der Waals surface area (Å²) in [5.74, 6) is -1.29. The van der Waals surface area contributed by atoms with Gasteiger partial charge in [0.25, 0.3) is 11.8 Å². The number of carbonyl (C=O) groups excluding carboxylic acids is 2. The average Bonchev–Trinajstić information content (AvgIpc) is 2.92. The topological polar surface area (TPSA) is 78.4 Å². The van der Waals surface area contributed by atoms with Crippen LogP contribution in [0.4, 0.5) is 10.1 Å². The number of anilines is 1. The predicted molar refractivity (Wildman–Crippen MR) is 127 cm³/mol. The zero-order chi connectivity index (χ0) is 23.8. The third-order valence-corrected chi connectivity index (χ3v) is 6.71. The quantitative estimate of drug-likeness (QED) is 0.489. The molecule has 0 aliphatic carbocycles. The first-order chi connectivity index (χ1) is 15.7. The Labute approximate surface area is 196 Å². The molecule has 3 aromatic rings. The molecule has 0 radical (unpaired) electrons. The standard InChI is InChI=1S/C26H25FN2O3S/c1-26(2,3)17-7-4-15(5-8-17)21(14-30)29-24(31)16-6-10-23-20(12-16)28-25(32)19-13-18(27)9-11-22(19)33-23/h4-13,21,30H,14H2,1-3H3,(H,28,32)(H,29,31)/t21-/m1/s1. The summed E-state index contributed by atoms with van der Waals surface area (Å²) in [6.07, 6.45) is 0. The average molecular weight is 465 g/mol. The number of aliphatic hydroxyl groups excluding tert-OH is 1. The first-order valence-corrected chi connectivity index (χ1v) is 11.4. The van der Waals surface area contributed by atoms with Gasteiger partial charge in [-0.05, 0) is 52.9 Å². The molecular formula is C26H25FN2O3S. The third-order valence-electron chi connectivity index (χ3n) is 5.56. The lowest BCUT2D eigenvalue weighted by molar-refractivity contribution is 0.0915. The fourth-order valence-electron chi connectivity index (χ4n) is 3.63. The molecule has 7 heteroatoms. The minimum absolute atomic E-state index is 0.00616. The molecule has 0 saturated heterocycles. The van der Waals surface area contributed by atoms with E-state index in [1.807, 2.05) is 24.3 Å². The van der Waals surface area contributed by atoms with Crippen LogP contribution in [0, 0.1) is 5.82 Å². The van der Waals surface area contributed by atoms with Crippen molar-refractivity contribution in [3.63, 3.8) is 0 Å². The van der Waals surface area contributed by atoms with Crippen molar-refractivity contribution < 1.29 is 19.1 Å². The second kappa shape index (κ2) is 9.00. The maximum atomic E-state index is 13.6. The van der Waals surface area contributed by atoms with Gasteiger partial charge in [-0.2, -0.15) is 0 Å². The molecular weight excluding hydrogens is 439 g/mol. The Morgan fingerprint density at radius 3 is 2.42 bits per heavy atom. The third kappa shape index (κ3) is 4.94. The van der Waals surface area contributed by atoms with E-state index >= 15 is 0 Å². The second-order valence-electron chi connectivity index (χ2n) is 8.99. The van der Waals surface area contributed by atoms with Crippen LogP contribution < -0.4 is 10.6 Å². The molecule has 1 aliphatic heterocycles. The van der Waals surface area contributed by atoms with E-state index in [1.165, 1.54) is 23.9 Å². The van der Waals surface area contributed by atoms with Gasteiger partial charge in [0.2, 0.25) is 0 Å². The van der Waals surface area contributed by atoms with Crippen molar-refractivity contribution in [2.75, 3.05) is 11.9 Å². The number of rotatable bonds is 4. The molecule has 0 spiro atoms. The lowest BCUT2D eigenvalue weighted by Crippen LogP contribution is -2.31. The number of benzene rings is 3. The lowest BCUT2D eigenvalue weighted by Gasteiger charge is -2.21. The van der Waals surface area contributed by atoms with Crippen molar-refractivity contribution in [1.29, 1.82) is 0 Å². The molecule has 0 unspecified atom stereocenters. The summed E-state index contributed by atoms with van der Waals surface area (Å²) >= 11 is 1.33. The normalized spacial score (nSPS) is 13.9. The number of hydrogen-bond donors (Lipinski definition) is 3. The van der Waals surface area contributed by atoms with E-state index in [4.69, 9.17) is 0 Å². The molecule has 2 amide bonds. The summed E-state index contributed by atoms with van der Waals surface area (Å²) in [7, 11) is 0. The molecule has 3 N–H and O–H groups in total. The molecule has 3 aromatic carbocycles. The lowest BCUT2D eigenvalue weighted by atomic mass is 9.86. The van der Waals surface area contributed by atoms with Gasteiger partial charge in [-0.25, -0.2) is 4.39 Å². The van der Waals surface area contributed by atoms with Gasteiger partial charge >= 0.3 is 0 Å². The molecule has 0 saturated carbocycles. The SMILES string of the molecule is CC(C)(C)c1ccc([C@@H](CO)NC(=O)c2ccc3c(c2)NC(=O)c2cc(F)ccc2S3)cc1. The maximum Gasteiger partial charge on any atom is 0.256 e. The number of carbonyl (C=O) groups is 2. The Balaban J connectivity index is 1.54. The van der Waals surface area contributed by atoms with Crippen LogP contribution in [0.2, 0.25) is 0 Å². The summed E-state index contributed by atoms with van der Waals surface area (Å²) in [6, 6.07) is 16.3. The number of amides is 2. The van der Waals surface area contributed by atoms with Gasteiger partial charge in [-0.15, -0.1) is 0 Å². The largest absolute Gasteiger partial charge is 0.394 e. The van der Waals surface area contributed by atoms with Crippen LogP contribution in [0.5, 0.6) is 0 Å². The van der Waals surface area contributed by atoms with E-state index in [2.05, 4.69) is 31.4 Å². The van der Waals surface area contributed by atoms with Crippen molar-refractivity contribution in [3.05, 3.63) is 88.7 Å². The first-order valence-electron chi connectivity index (χ1n) is 10.6. The minimum atomic E-state index is -0.568. The van der Waals surface area contributed by atoms with Crippen molar-refractivity contribution in [1.82, 2.24) is 5.32 Å². The Kier molecular flexibility index (Phi) is 6.28. The Bertz CT molecular complexity index is 1220. The summed E-state index contributed by atoms with van der Waals surface area (Å²) < 4.78 is 13.6. The maximum absolute atomic E-state index is 13.6. The number of halogens is 1. The van der Waals surface area contributed by atoms with Crippen LogP contribution in [-0.4, -0.2) is 23.5 Å². The molecule has 170 valence electrons. The highest BCUT2D eigenvalue weighted by Crippen LogP contribution is 2.39. The van der Waals surface area contributed by atoms with Gasteiger partial charge < -0.3 is 15.7 Å². The minimum Gasteiger partial charge on any atom is -0.394 e. The van der Waals surface area contributed by atoms with Crippen LogP contribution >= 0.6 is 11.8 Å². The first kappa shape index (κ1) is 23.0. The molecule has 1 aliphatic rings. The second-order valence-corrected chi connectivity index (χ2v) is 10.1. The molecule has 0 fully saturated rings. The van der Waals surface area contributed by atoms with Crippen molar-refractivity contribution in [3.8, 4) is 0 Å². The highest BCUT2D eigenvalue weighted by atomic mass is 32.2. The van der Waals surface area contributed by atoms with E-state index in [1.54, 1.807) is 24.3 Å². The number of aliphatic hydroxyl groups is 1. The fourth-order valence-corrected chi connectivity index (χ4v) is 4.62.